The third kappa shape index (κ3) is 2.33. The van der Waals surface area contributed by atoms with Gasteiger partial charge in [0, 0.05) is 34.1 Å². The quantitative estimate of drug-likeness (QED) is 0.609. The van der Waals surface area contributed by atoms with E-state index in [4.69, 9.17) is 28.2 Å². The first-order valence-electron chi connectivity index (χ1n) is 7.33. The molecule has 3 aromatic rings. The molecule has 1 aromatic heterocycles. The van der Waals surface area contributed by atoms with Crippen molar-refractivity contribution in [1.82, 2.24) is 9.55 Å². The average molecular weight is 329 g/mol. The van der Waals surface area contributed by atoms with Gasteiger partial charge >= 0.3 is 0 Å². The minimum atomic E-state index is 0.739. The lowest BCUT2D eigenvalue weighted by Gasteiger charge is -2.09. The second kappa shape index (κ2) is 5.45. The van der Waals surface area contributed by atoms with E-state index < -0.39 is 0 Å². The third-order valence-electron chi connectivity index (χ3n) is 4.06. The van der Waals surface area contributed by atoms with Gasteiger partial charge in [0.2, 0.25) is 0 Å². The Labute approximate surface area is 139 Å². The molecule has 0 saturated carbocycles. The number of rotatable bonds is 2. The molecule has 2 nitrogen and oxygen atoms in total. The van der Waals surface area contributed by atoms with Gasteiger partial charge in [0.15, 0.2) is 0 Å². The Hall–Kier alpha value is -1.77. The summed E-state index contributed by atoms with van der Waals surface area (Å²) in [5.74, 6) is 1.16. The molecule has 0 atom stereocenters. The van der Waals surface area contributed by atoms with E-state index in [2.05, 4.69) is 16.7 Å². The molecule has 4 rings (SSSR count). The van der Waals surface area contributed by atoms with Crippen LogP contribution in [0.3, 0.4) is 0 Å². The highest BCUT2D eigenvalue weighted by Gasteiger charge is 2.22. The molecule has 2 aromatic carbocycles. The zero-order chi connectivity index (χ0) is 15.1. The smallest absolute Gasteiger partial charge is 0.109 e. The number of benzene rings is 2. The van der Waals surface area contributed by atoms with Crippen LogP contribution in [0.4, 0.5) is 0 Å². The molecule has 0 fully saturated rings. The summed E-state index contributed by atoms with van der Waals surface area (Å²) < 4.78 is 2.33. The summed E-state index contributed by atoms with van der Waals surface area (Å²) >= 11 is 12.0. The number of aryl methyl sites for hydroxylation is 1. The molecular weight excluding hydrogens is 315 g/mol. The van der Waals surface area contributed by atoms with Crippen molar-refractivity contribution in [1.29, 1.82) is 0 Å². The van der Waals surface area contributed by atoms with Crippen LogP contribution in [0.25, 0.3) is 22.5 Å². The van der Waals surface area contributed by atoms with Crippen molar-refractivity contribution in [3.05, 3.63) is 64.4 Å². The van der Waals surface area contributed by atoms with Gasteiger partial charge in [-0.25, -0.2) is 4.98 Å². The summed E-state index contributed by atoms with van der Waals surface area (Å²) in [6.07, 6.45) is 2.19. The largest absolute Gasteiger partial charge is 0.327 e. The molecule has 0 unspecified atom stereocenters. The van der Waals surface area contributed by atoms with Crippen LogP contribution in [0.1, 0.15) is 12.2 Å². The Morgan fingerprint density at radius 1 is 0.818 bits per heavy atom. The lowest BCUT2D eigenvalue weighted by Crippen LogP contribution is -1.96. The van der Waals surface area contributed by atoms with Gasteiger partial charge in [-0.3, -0.25) is 0 Å². The highest BCUT2D eigenvalue weighted by atomic mass is 35.5. The molecule has 110 valence electrons. The molecule has 0 spiro atoms. The van der Waals surface area contributed by atoms with Crippen molar-refractivity contribution < 1.29 is 0 Å². The van der Waals surface area contributed by atoms with Crippen LogP contribution < -0.4 is 0 Å². The molecule has 0 amide bonds. The van der Waals surface area contributed by atoms with Crippen molar-refractivity contribution in [2.75, 3.05) is 0 Å². The lowest BCUT2D eigenvalue weighted by molar-refractivity contribution is 0.756. The second-order valence-electron chi connectivity index (χ2n) is 5.49. The number of halogens is 2. The fourth-order valence-electron chi connectivity index (χ4n) is 3.04. The molecule has 1 aliphatic heterocycles. The fourth-order valence-corrected chi connectivity index (χ4v) is 3.29. The summed E-state index contributed by atoms with van der Waals surface area (Å²) in [4.78, 5) is 4.88. The Morgan fingerprint density at radius 2 is 1.41 bits per heavy atom. The van der Waals surface area contributed by atoms with E-state index in [1.165, 1.54) is 5.69 Å². The van der Waals surface area contributed by atoms with E-state index in [9.17, 15) is 0 Å². The van der Waals surface area contributed by atoms with Crippen LogP contribution in [-0.4, -0.2) is 9.55 Å². The predicted octanol–water partition coefficient (Wildman–Crippen LogP) is 5.47. The second-order valence-corrected chi connectivity index (χ2v) is 6.37. The highest BCUT2D eigenvalue weighted by molar-refractivity contribution is 6.31. The van der Waals surface area contributed by atoms with Gasteiger partial charge in [0.05, 0.1) is 11.4 Å². The van der Waals surface area contributed by atoms with Gasteiger partial charge in [-0.2, -0.15) is 0 Å². The van der Waals surface area contributed by atoms with Gasteiger partial charge < -0.3 is 4.57 Å². The van der Waals surface area contributed by atoms with Crippen LogP contribution >= 0.6 is 23.2 Å². The Balaban J connectivity index is 1.92. The number of imidazole rings is 1. The SMILES string of the molecule is Clc1ccc(-c2nc3n(c2-c2ccc(Cl)cc2)CCC3)cc1. The molecule has 2 heterocycles. The summed E-state index contributed by atoms with van der Waals surface area (Å²) in [5.41, 5.74) is 4.44. The van der Waals surface area contributed by atoms with Crippen molar-refractivity contribution >= 4 is 23.2 Å². The van der Waals surface area contributed by atoms with Crippen LogP contribution in [0.5, 0.6) is 0 Å². The van der Waals surface area contributed by atoms with Crippen molar-refractivity contribution in [3.8, 4) is 22.5 Å². The number of aromatic nitrogens is 2. The standard InChI is InChI=1S/C18H14Cl2N2/c19-14-7-3-12(4-8-14)17-18(13-5-9-15(20)10-6-13)22-11-1-2-16(22)21-17/h3-10H,1-2,11H2. The molecule has 0 bridgehead atoms. The molecular formula is C18H14Cl2N2. The third-order valence-corrected chi connectivity index (χ3v) is 4.57. The maximum Gasteiger partial charge on any atom is 0.109 e. The number of nitrogens with zero attached hydrogens (tertiary/aromatic N) is 2. The van der Waals surface area contributed by atoms with Gasteiger partial charge in [0.25, 0.3) is 0 Å². The molecule has 1 aliphatic rings. The van der Waals surface area contributed by atoms with Crippen molar-refractivity contribution in [2.45, 2.75) is 19.4 Å². The minimum Gasteiger partial charge on any atom is -0.327 e. The Bertz CT molecular complexity index is 818. The van der Waals surface area contributed by atoms with E-state index in [1.54, 1.807) is 0 Å². The monoisotopic (exact) mass is 328 g/mol. The minimum absolute atomic E-state index is 0.739. The lowest BCUT2D eigenvalue weighted by atomic mass is 10.0. The first-order valence-corrected chi connectivity index (χ1v) is 8.09. The molecule has 22 heavy (non-hydrogen) atoms. The van der Waals surface area contributed by atoms with Gasteiger partial charge in [0.1, 0.15) is 5.82 Å². The van der Waals surface area contributed by atoms with Crippen LogP contribution in [0.2, 0.25) is 10.0 Å². The molecule has 0 N–H and O–H groups in total. The average Bonchev–Trinajstić information content (AvgIpc) is 3.10. The zero-order valence-corrected chi connectivity index (χ0v) is 13.4. The molecule has 4 heteroatoms. The number of fused-ring (bicyclic) bond motifs is 1. The van der Waals surface area contributed by atoms with Crippen LogP contribution in [-0.2, 0) is 13.0 Å². The summed E-state index contributed by atoms with van der Waals surface area (Å²) in [6.45, 7) is 1.02. The Morgan fingerprint density at radius 3 is 2.05 bits per heavy atom. The van der Waals surface area contributed by atoms with Crippen LogP contribution in [0, 0.1) is 0 Å². The number of hydrogen-bond acceptors (Lipinski definition) is 1. The maximum atomic E-state index is 6.03. The first-order chi connectivity index (χ1) is 10.7. The summed E-state index contributed by atoms with van der Waals surface area (Å²) in [6, 6.07) is 15.9. The first kappa shape index (κ1) is 13.9. The van der Waals surface area contributed by atoms with Gasteiger partial charge in [-0.15, -0.1) is 0 Å². The predicted molar refractivity (Wildman–Crippen MR) is 91.4 cm³/mol. The van der Waals surface area contributed by atoms with Crippen LogP contribution in [0.15, 0.2) is 48.5 Å². The van der Waals surface area contributed by atoms with Crippen molar-refractivity contribution in [2.24, 2.45) is 0 Å². The van der Waals surface area contributed by atoms with E-state index in [-0.39, 0.29) is 0 Å². The van der Waals surface area contributed by atoms with E-state index in [0.717, 1.165) is 52.1 Å². The summed E-state index contributed by atoms with van der Waals surface area (Å²) in [5, 5.41) is 1.49. The topological polar surface area (TPSA) is 17.8 Å². The van der Waals surface area contributed by atoms with E-state index in [0.29, 0.717) is 0 Å². The van der Waals surface area contributed by atoms with E-state index >= 15 is 0 Å². The molecule has 0 aliphatic carbocycles. The number of hydrogen-bond donors (Lipinski definition) is 0. The fraction of sp³-hybridized carbons (Fsp3) is 0.167. The highest BCUT2D eigenvalue weighted by Crippen LogP contribution is 2.36. The zero-order valence-electron chi connectivity index (χ0n) is 11.9. The summed E-state index contributed by atoms with van der Waals surface area (Å²) in [7, 11) is 0. The van der Waals surface area contributed by atoms with Gasteiger partial charge in [-0.05, 0) is 30.7 Å². The molecule has 0 saturated heterocycles. The Kier molecular flexibility index (Phi) is 3.44. The van der Waals surface area contributed by atoms with Gasteiger partial charge in [-0.1, -0.05) is 47.5 Å². The maximum absolute atomic E-state index is 6.03. The van der Waals surface area contributed by atoms with E-state index in [1.807, 2.05) is 36.4 Å². The normalized spacial score (nSPS) is 13.4. The molecule has 0 radical (unpaired) electrons. The van der Waals surface area contributed by atoms with Crippen molar-refractivity contribution in [3.63, 3.8) is 0 Å².